The quantitative estimate of drug-likeness (QED) is 0.324. The number of hydrogen-bond acceptors (Lipinski definition) is 0. The molecule has 0 fully saturated rings. The van der Waals surface area contributed by atoms with E-state index >= 15 is 0 Å². The van der Waals surface area contributed by atoms with E-state index in [0.717, 1.165) is 0 Å². The zero-order chi connectivity index (χ0) is 22.0. The molecular weight excluding hydrogens is 426 g/mol. The van der Waals surface area contributed by atoms with Gasteiger partial charge in [0.1, 0.15) is 0 Å². The molecule has 0 atom stereocenters. The van der Waals surface area contributed by atoms with Crippen molar-refractivity contribution in [1.29, 1.82) is 0 Å². The van der Waals surface area contributed by atoms with Crippen LogP contribution in [0.3, 0.4) is 0 Å². The second-order valence-electron chi connectivity index (χ2n) is 5.27. The minimum atomic E-state index is -7.79. The van der Waals surface area contributed by atoms with Crippen LogP contribution < -0.4 is 0 Å². The van der Waals surface area contributed by atoms with Crippen LogP contribution in [0.25, 0.3) is 0 Å². The lowest BCUT2D eigenvalue weighted by Crippen LogP contribution is -2.87. The van der Waals surface area contributed by atoms with E-state index in [1.807, 2.05) is 0 Å². The average Bonchev–Trinajstić information content (AvgIpc) is 2.19. The maximum absolute atomic E-state index is 13.6. The molecule has 0 N–H and O–H groups in total. The standard InChI is InChI=1S/C9H6F16N/c1-26(2,9(24,25)4(10,11)8(21,22)23)3(5(12,13)14,6(15,16)17)7(18,19)20/h1-2H3/q+1. The summed E-state index contributed by atoms with van der Waals surface area (Å²) in [6.07, 6.45) is -30.9. The minimum absolute atomic E-state index is 1.38. The Morgan fingerprint density at radius 1 is 0.423 bits per heavy atom. The maximum atomic E-state index is 13.6. The zero-order valence-corrected chi connectivity index (χ0v) is 12.0. The van der Waals surface area contributed by atoms with Gasteiger partial charge in [0.25, 0.3) is 0 Å². The van der Waals surface area contributed by atoms with Crippen molar-refractivity contribution in [3.05, 3.63) is 0 Å². The third-order valence-corrected chi connectivity index (χ3v) is 3.51. The lowest BCUT2D eigenvalue weighted by molar-refractivity contribution is -1.06. The summed E-state index contributed by atoms with van der Waals surface area (Å²) < 4.78 is 199. The van der Waals surface area contributed by atoms with Gasteiger partial charge in [0.05, 0.1) is 14.1 Å². The van der Waals surface area contributed by atoms with Gasteiger partial charge in [-0.3, -0.25) is 0 Å². The first-order chi connectivity index (χ1) is 10.8. The Labute approximate surface area is 132 Å². The van der Waals surface area contributed by atoms with Gasteiger partial charge in [0, 0.05) is 0 Å². The van der Waals surface area contributed by atoms with Gasteiger partial charge in [0.15, 0.2) is 0 Å². The molecule has 0 aromatic heterocycles. The van der Waals surface area contributed by atoms with Gasteiger partial charge in [-0.05, 0) is 0 Å². The van der Waals surface area contributed by atoms with Crippen LogP contribution in [-0.4, -0.2) is 60.8 Å². The number of rotatable bonds is 3. The van der Waals surface area contributed by atoms with E-state index in [0.29, 0.717) is 0 Å². The predicted molar refractivity (Wildman–Crippen MR) is 49.0 cm³/mol. The minimum Gasteiger partial charge on any atom is -0.234 e. The lowest BCUT2D eigenvalue weighted by Gasteiger charge is -2.52. The first-order valence-corrected chi connectivity index (χ1v) is 5.62. The number of nitrogens with zero attached hydrogens (tertiary/aromatic N) is 1. The molecule has 0 saturated heterocycles. The molecule has 0 aromatic rings. The Morgan fingerprint density at radius 3 is 0.808 bits per heavy atom. The highest BCUT2D eigenvalue weighted by Crippen LogP contribution is 2.63. The Kier molecular flexibility index (Phi) is 5.42. The molecule has 0 aliphatic heterocycles. The van der Waals surface area contributed by atoms with Gasteiger partial charge in [-0.1, -0.05) is 0 Å². The van der Waals surface area contributed by atoms with Crippen LogP contribution in [0.1, 0.15) is 0 Å². The molecule has 0 rings (SSSR count). The largest absolute Gasteiger partial charge is 0.467 e. The highest BCUT2D eigenvalue weighted by molar-refractivity contribution is 5.05. The Hall–Kier alpha value is -1.16. The molecule has 0 amide bonds. The highest BCUT2D eigenvalue weighted by atomic mass is 19.4. The van der Waals surface area contributed by atoms with Crippen molar-refractivity contribution in [2.45, 2.75) is 42.2 Å². The normalized spacial score (nSPS) is 16.8. The summed E-state index contributed by atoms with van der Waals surface area (Å²) >= 11 is 0. The van der Waals surface area contributed by atoms with Crippen molar-refractivity contribution >= 4 is 0 Å². The van der Waals surface area contributed by atoms with Crippen LogP contribution in [-0.2, 0) is 0 Å². The first-order valence-electron chi connectivity index (χ1n) is 5.62. The van der Waals surface area contributed by atoms with Crippen molar-refractivity contribution in [2.24, 2.45) is 0 Å². The maximum Gasteiger partial charge on any atom is 0.467 e. The van der Waals surface area contributed by atoms with E-state index in [9.17, 15) is 70.2 Å². The van der Waals surface area contributed by atoms with Crippen molar-refractivity contribution in [1.82, 2.24) is 0 Å². The van der Waals surface area contributed by atoms with E-state index in [2.05, 4.69) is 0 Å². The highest BCUT2D eigenvalue weighted by Gasteiger charge is 2.98. The van der Waals surface area contributed by atoms with Gasteiger partial charge in [-0.2, -0.15) is 61.5 Å². The molecule has 0 bridgehead atoms. The van der Waals surface area contributed by atoms with Gasteiger partial charge in [0.2, 0.25) is 0 Å². The van der Waals surface area contributed by atoms with Crippen LogP contribution in [0.15, 0.2) is 0 Å². The lowest BCUT2D eigenvalue weighted by atomic mass is 9.90. The van der Waals surface area contributed by atoms with Crippen LogP contribution in [0.2, 0.25) is 0 Å². The molecule has 0 aliphatic carbocycles. The smallest absolute Gasteiger partial charge is 0.234 e. The molecule has 0 aromatic carbocycles. The summed E-state index contributed by atoms with van der Waals surface area (Å²) in [5.74, 6) is -7.68. The third kappa shape index (κ3) is 2.85. The first kappa shape index (κ1) is 24.8. The molecular formula is C9H6F16N+. The van der Waals surface area contributed by atoms with Crippen LogP contribution in [0.5, 0.6) is 0 Å². The van der Waals surface area contributed by atoms with Gasteiger partial charge in [-0.25, -0.2) is 4.48 Å². The monoisotopic (exact) mass is 432 g/mol. The van der Waals surface area contributed by atoms with E-state index in [1.165, 1.54) is 0 Å². The second kappa shape index (κ2) is 5.67. The van der Waals surface area contributed by atoms with Crippen molar-refractivity contribution in [3.8, 4) is 0 Å². The summed E-state index contributed by atoms with van der Waals surface area (Å²) in [6.45, 7) is 0. The third-order valence-electron chi connectivity index (χ3n) is 3.51. The Bertz CT molecular complexity index is 478. The van der Waals surface area contributed by atoms with Gasteiger partial charge >= 0.3 is 42.2 Å². The molecule has 0 radical (unpaired) electrons. The van der Waals surface area contributed by atoms with Crippen LogP contribution >= 0.6 is 0 Å². The van der Waals surface area contributed by atoms with Crippen molar-refractivity contribution < 1.29 is 74.7 Å². The number of hydrogen-bond donors (Lipinski definition) is 0. The molecule has 0 spiro atoms. The zero-order valence-electron chi connectivity index (χ0n) is 12.0. The number of quaternary nitrogens is 1. The number of alkyl halides is 16. The Balaban J connectivity index is 7.31. The summed E-state index contributed by atoms with van der Waals surface area (Å²) in [5, 5.41) is 0. The molecule has 0 heterocycles. The molecule has 0 unspecified atom stereocenters. The fraction of sp³-hybridized carbons (Fsp3) is 1.00. The predicted octanol–water partition coefficient (Wildman–Crippen LogP) is 5.28. The number of halogens is 16. The van der Waals surface area contributed by atoms with Crippen molar-refractivity contribution in [3.63, 3.8) is 0 Å². The van der Waals surface area contributed by atoms with Gasteiger partial charge < -0.3 is 0 Å². The summed E-state index contributed by atoms with van der Waals surface area (Å²) in [6, 6.07) is -7.55. The fourth-order valence-corrected chi connectivity index (χ4v) is 2.17. The van der Waals surface area contributed by atoms with E-state index in [1.54, 1.807) is 0 Å². The topological polar surface area (TPSA) is 0 Å². The van der Waals surface area contributed by atoms with E-state index in [-0.39, 0.29) is 0 Å². The molecule has 158 valence electrons. The SMILES string of the molecule is C[N+](C)(C(F)(F)C(F)(F)C(F)(F)F)C(C(F)(F)F)(C(F)(F)F)C(F)(F)F. The molecule has 0 aliphatic rings. The van der Waals surface area contributed by atoms with E-state index < -0.39 is 60.8 Å². The van der Waals surface area contributed by atoms with Crippen LogP contribution in [0, 0.1) is 0 Å². The van der Waals surface area contributed by atoms with Crippen molar-refractivity contribution in [2.75, 3.05) is 14.1 Å². The second-order valence-corrected chi connectivity index (χ2v) is 5.27. The fourth-order valence-electron chi connectivity index (χ4n) is 2.17. The summed E-state index contributed by atoms with van der Waals surface area (Å²) in [4.78, 5) is 0. The summed E-state index contributed by atoms with van der Waals surface area (Å²) in [5.41, 5.74) is -7.68. The molecule has 17 heteroatoms. The van der Waals surface area contributed by atoms with E-state index in [4.69, 9.17) is 0 Å². The van der Waals surface area contributed by atoms with Gasteiger partial charge in [-0.15, -0.1) is 8.78 Å². The van der Waals surface area contributed by atoms with Crippen LogP contribution in [0.4, 0.5) is 70.2 Å². The summed E-state index contributed by atoms with van der Waals surface area (Å²) in [7, 11) is -2.76. The molecule has 1 nitrogen and oxygen atoms in total. The molecule has 26 heavy (non-hydrogen) atoms. The Morgan fingerprint density at radius 2 is 0.654 bits per heavy atom. The molecule has 0 saturated carbocycles. The average molecular weight is 432 g/mol.